The predicted octanol–water partition coefficient (Wildman–Crippen LogP) is 7.44. The van der Waals surface area contributed by atoms with E-state index in [0.717, 1.165) is 11.1 Å². The Balaban J connectivity index is 1.27. The second-order valence-electron chi connectivity index (χ2n) is 9.89. The van der Waals surface area contributed by atoms with Crippen LogP contribution >= 0.6 is 0 Å². The van der Waals surface area contributed by atoms with Crippen molar-refractivity contribution in [1.82, 2.24) is 0 Å². The summed E-state index contributed by atoms with van der Waals surface area (Å²) < 4.78 is 28.5. The summed E-state index contributed by atoms with van der Waals surface area (Å²) >= 11 is 0. The maximum atomic E-state index is 12.7. The van der Waals surface area contributed by atoms with E-state index in [1.807, 2.05) is 64.1 Å². The second kappa shape index (κ2) is 16.6. The molecule has 0 aromatic heterocycles. The molecule has 0 saturated heterocycles. The van der Waals surface area contributed by atoms with E-state index < -0.39 is 0 Å². The molecule has 4 rings (SSSR count). The fourth-order valence-electron chi connectivity index (χ4n) is 4.54. The molecule has 2 amide bonds. The molecule has 236 valence electrons. The quantitative estimate of drug-likeness (QED) is 0.136. The molecule has 4 aromatic carbocycles. The third kappa shape index (κ3) is 9.92. The lowest BCUT2D eigenvalue weighted by Gasteiger charge is -2.13. The highest BCUT2D eigenvalue weighted by atomic mass is 16.5. The highest BCUT2D eigenvalue weighted by Gasteiger charge is 2.12. The van der Waals surface area contributed by atoms with Crippen LogP contribution in [0.4, 0.5) is 11.4 Å². The van der Waals surface area contributed by atoms with E-state index in [2.05, 4.69) is 10.6 Å². The molecule has 0 aliphatic heterocycles. The molecule has 0 atom stereocenters. The zero-order valence-corrected chi connectivity index (χ0v) is 26.2. The molecule has 45 heavy (non-hydrogen) atoms. The Morgan fingerprint density at radius 1 is 0.489 bits per heavy atom. The van der Waals surface area contributed by atoms with Gasteiger partial charge in [0, 0.05) is 11.4 Å². The summed E-state index contributed by atoms with van der Waals surface area (Å²) in [6.45, 7) is 9.72. The third-order valence-corrected chi connectivity index (χ3v) is 6.46. The minimum absolute atomic E-state index is 0.148. The van der Waals surface area contributed by atoms with E-state index in [1.165, 1.54) is 0 Å². The van der Waals surface area contributed by atoms with E-state index in [4.69, 9.17) is 23.7 Å². The Bertz CT molecular complexity index is 1440. The van der Waals surface area contributed by atoms with Gasteiger partial charge in [-0.3, -0.25) is 9.59 Å². The normalized spacial score (nSPS) is 10.5. The van der Waals surface area contributed by atoms with Crippen LogP contribution in [-0.4, -0.2) is 38.2 Å². The van der Waals surface area contributed by atoms with Crippen LogP contribution < -0.4 is 34.3 Å². The Morgan fingerprint density at radius 3 is 1.20 bits per heavy atom. The predicted molar refractivity (Wildman–Crippen MR) is 175 cm³/mol. The lowest BCUT2D eigenvalue weighted by Crippen LogP contribution is -2.14. The van der Waals surface area contributed by atoms with Crippen LogP contribution in [-0.2, 0) is 22.4 Å². The molecule has 0 fully saturated rings. The standard InChI is InChI=1S/C36H40N2O7/c1-5-41-31-19-9-25(21-33(31)43-7-3)23-35(39)37-27-11-15-29(16-12-27)45-30-17-13-28(14-18-30)38-36(40)24-26-10-20-32(42-6-2)34(22-26)44-8-4/h9-22H,5-8,23-24H2,1-4H3,(H,37,39)(H,38,40). The first-order chi connectivity index (χ1) is 21.9. The number of hydrogen-bond donors (Lipinski definition) is 2. The highest BCUT2D eigenvalue weighted by molar-refractivity contribution is 5.93. The molecule has 2 N–H and O–H groups in total. The maximum absolute atomic E-state index is 12.7. The molecule has 9 nitrogen and oxygen atoms in total. The minimum Gasteiger partial charge on any atom is -0.490 e. The number of carbonyl (C=O) groups is 2. The van der Waals surface area contributed by atoms with Gasteiger partial charge in [0.2, 0.25) is 11.8 Å². The number of anilines is 2. The van der Waals surface area contributed by atoms with Crippen molar-refractivity contribution < 1.29 is 33.3 Å². The average Bonchev–Trinajstić information content (AvgIpc) is 3.02. The number of amides is 2. The monoisotopic (exact) mass is 612 g/mol. The summed E-state index contributed by atoms with van der Waals surface area (Å²) in [5.74, 6) is 3.50. The van der Waals surface area contributed by atoms with E-state index in [0.29, 0.717) is 72.3 Å². The van der Waals surface area contributed by atoms with Crippen molar-refractivity contribution in [2.45, 2.75) is 40.5 Å². The first kappa shape index (κ1) is 32.7. The SMILES string of the molecule is CCOc1ccc(CC(=O)Nc2ccc(Oc3ccc(NC(=O)Cc4ccc(OCC)c(OCC)c4)cc3)cc2)cc1OCC. The molecule has 0 heterocycles. The number of hydrogen-bond acceptors (Lipinski definition) is 7. The molecular weight excluding hydrogens is 572 g/mol. The molecule has 0 unspecified atom stereocenters. The number of nitrogens with one attached hydrogen (secondary N) is 2. The van der Waals surface area contributed by atoms with Crippen molar-refractivity contribution in [2.75, 3.05) is 37.1 Å². The summed E-state index contributed by atoms with van der Waals surface area (Å²) in [4.78, 5) is 25.3. The van der Waals surface area contributed by atoms with E-state index in [1.54, 1.807) is 48.5 Å². The maximum Gasteiger partial charge on any atom is 0.228 e. The molecule has 0 radical (unpaired) electrons. The number of carbonyl (C=O) groups excluding carboxylic acids is 2. The Hall–Kier alpha value is -5.18. The molecule has 9 heteroatoms. The average molecular weight is 613 g/mol. The number of rotatable bonds is 16. The van der Waals surface area contributed by atoms with Gasteiger partial charge >= 0.3 is 0 Å². The number of ether oxygens (including phenoxy) is 5. The van der Waals surface area contributed by atoms with Crippen LogP contribution in [0.15, 0.2) is 84.9 Å². The Morgan fingerprint density at radius 2 is 0.844 bits per heavy atom. The minimum atomic E-state index is -0.148. The van der Waals surface area contributed by atoms with Gasteiger partial charge in [-0.1, -0.05) is 12.1 Å². The molecule has 4 aromatic rings. The fourth-order valence-corrected chi connectivity index (χ4v) is 4.54. The summed E-state index contributed by atoms with van der Waals surface area (Å²) in [5.41, 5.74) is 2.96. The van der Waals surface area contributed by atoms with Gasteiger partial charge in [-0.05, 0) is 112 Å². The van der Waals surface area contributed by atoms with Crippen LogP contribution in [0.25, 0.3) is 0 Å². The van der Waals surface area contributed by atoms with Crippen molar-refractivity contribution in [3.05, 3.63) is 96.1 Å². The Kier molecular flexibility index (Phi) is 12.1. The second-order valence-corrected chi connectivity index (χ2v) is 9.89. The van der Waals surface area contributed by atoms with Gasteiger partial charge in [0.25, 0.3) is 0 Å². The summed E-state index contributed by atoms with van der Waals surface area (Å²) in [6.07, 6.45) is 0.393. The van der Waals surface area contributed by atoms with Crippen molar-refractivity contribution in [3.63, 3.8) is 0 Å². The third-order valence-electron chi connectivity index (χ3n) is 6.46. The van der Waals surface area contributed by atoms with Gasteiger partial charge in [-0.15, -0.1) is 0 Å². The molecular formula is C36H40N2O7. The molecule has 0 saturated carbocycles. The van der Waals surface area contributed by atoms with Gasteiger partial charge in [0.1, 0.15) is 11.5 Å². The van der Waals surface area contributed by atoms with Crippen molar-refractivity contribution in [2.24, 2.45) is 0 Å². The van der Waals surface area contributed by atoms with E-state index >= 15 is 0 Å². The smallest absolute Gasteiger partial charge is 0.228 e. The first-order valence-electron chi connectivity index (χ1n) is 15.1. The molecule has 0 bridgehead atoms. The largest absolute Gasteiger partial charge is 0.490 e. The molecule has 0 spiro atoms. The van der Waals surface area contributed by atoms with Crippen molar-refractivity contribution >= 4 is 23.2 Å². The van der Waals surface area contributed by atoms with Gasteiger partial charge in [-0.2, -0.15) is 0 Å². The van der Waals surface area contributed by atoms with Crippen LogP contribution in [0, 0.1) is 0 Å². The van der Waals surface area contributed by atoms with Crippen molar-refractivity contribution in [3.8, 4) is 34.5 Å². The molecule has 0 aliphatic carbocycles. The van der Waals surface area contributed by atoms with Crippen LogP contribution in [0.1, 0.15) is 38.8 Å². The summed E-state index contributed by atoms with van der Waals surface area (Å²) in [5, 5.41) is 5.83. The zero-order chi connectivity index (χ0) is 32.0. The Labute approximate surface area is 264 Å². The lowest BCUT2D eigenvalue weighted by molar-refractivity contribution is -0.116. The zero-order valence-electron chi connectivity index (χ0n) is 26.2. The fraction of sp³-hybridized carbons (Fsp3) is 0.278. The number of benzene rings is 4. The van der Waals surface area contributed by atoms with Gasteiger partial charge < -0.3 is 34.3 Å². The topological polar surface area (TPSA) is 104 Å². The van der Waals surface area contributed by atoms with Gasteiger partial charge in [0.05, 0.1) is 39.3 Å². The van der Waals surface area contributed by atoms with E-state index in [9.17, 15) is 9.59 Å². The van der Waals surface area contributed by atoms with E-state index in [-0.39, 0.29) is 24.7 Å². The van der Waals surface area contributed by atoms with Crippen LogP contribution in [0.2, 0.25) is 0 Å². The van der Waals surface area contributed by atoms with Gasteiger partial charge in [-0.25, -0.2) is 0 Å². The summed E-state index contributed by atoms with van der Waals surface area (Å²) in [7, 11) is 0. The van der Waals surface area contributed by atoms with Crippen LogP contribution in [0.5, 0.6) is 34.5 Å². The van der Waals surface area contributed by atoms with Crippen LogP contribution in [0.3, 0.4) is 0 Å². The van der Waals surface area contributed by atoms with Crippen molar-refractivity contribution in [1.29, 1.82) is 0 Å². The summed E-state index contributed by atoms with van der Waals surface area (Å²) in [6, 6.07) is 25.3. The lowest BCUT2D eigenvalue weighted by atomic mass is 10.1. The highest BCUT2D eigenvalue weighted by Crippen LogP contribution is 2.30. The first-order valence-corrected chi connectivity index (χ1v) is 15.1. The molecule has 0 aliphatic rings. The van der Waals surface area contributed by atoms with Gasteiger partial charge in [0.15, 0.2) is 23.0 Å².